The summed E-state index contributed by atoms with van der Waals surface area (Å²) in [5, 5.41) is 0. The molecule has 0 N–H and O–H groups in total. The molecule has 0 amide bonds. The van der Waals surface area contributed by atoms with Crippen LogP contribution in [0.4, 0.5) is 0 Å². The summed E-state index contributed by atoms with van der Waals surface area (Å²) in [6.45, 7) is 4.14. The highest BCUT2D eigenvalue weighted by atomic mass is 79.9. The molecular formula is C15H20Br2O3. The molecule has 0 bridgehead atoms. The van der Waals surface area contributed by atoms with Crippen molar-refractivity contribution < 1.29 is 14.2 Å². The van der Waals surface area contributed by atoms with E-state index in [1.807, 2.05) is 6.07 Å². The Bertz CT molecular complexity index is 445. The molecule has 1 aliphatic heterocycles. The van der Waals surface area contributed by atoms with Gasteiger partial charge in [0.1, 0.15) is 12.4 Å². The molecule has 0 radical (unpaired) electrons. The van der Waals surface area contributed by atoms with Crippen molar-refractivity contribution in [1.29, 1.82) is 0 Å². The smallest absolute Gasteiger partial charge is 0.133 e. The molecule has 3 nitrogen and oxygen atoms in total. The predicted octanol–water partition coefficient (Wildman–Crippen LogP) is 4.48. The maximum Gasteiger partial charge on any atom is 0.133 e. The minimum Gasteiger partial charge on any atom is -0.490 e. The molecule has 1 aromatic rings. The Morgan fingerprint density at radius 1 is 1.40 bits per heavy atom. The molecular weight excluding hydrogens is 388 g/mol. The van der Waals surface area contributed by atoms with Crippen LogP contribution >= 0.6 is 31.9 Å². The zero-order chi connectivity index (χ0) is 14.6. The predicted molar refractivity (Wildman–Crippen MR) is 86.8 cm³/mol. The summed E-state index contributed by atoms with van der Waals surface area (Å²) in [5.74, 6) is 0.836. The Kier molecular flexibility index (Phi) is 5.90. The summed E-state index contributed by atoms with van der Waals surface area (Å²) < 4.78 is 17.5. The molecule has 1 saturated heterocycles. The van der Waals surface area contributed by atoms with Gasteiger partial charge < -0.3 is 14.2 Å². The van der Waals surface area contributed by atoms with Crippen LogP contribution in [-0.4, -0.2) is 32.5 Å². The third kappa shape index (κ3) is 3.75. The average molecular weight is 408 g/mol. The molecule has 0 aromatic heterocycles. The van der Waals surface area contributed by atoms with Gasteiger partial charge in [0.15, 0.2) is 0 Å². The van der Waals surface area contributed by atoms with Gasteiger partial charge in [-0.25, -0.2) is 0 Å². The van der Waals surface area contributed by atoms with E-state index >= 15 is 0 Å². The van der Waals surface area contributed by atoms with Gasteiger partial charge in [-0.2, -0.15) is 0 Å². The van der Waals surface area contributed by atoms with Gasteiger partial charge in [0, 0.05) is 13.7 Å². The molecule has 112 valence electrons. The first-order chi connectivity index (χ1) is 9.57. The van der Waals surface area contributed by atoms with Crippen molar-refractivity contribution in [2.24, 2.45) is 0 Å². The van der Waals surface area contributed by atoms with E-state index in [9.17, 15) is 0 Å². The molecule has 20 heavy (non-hydrogen) atoms. The second-order valence-electron chi connectivity index (χ2n) is 5.16. The number of methoxy groups -OCH3 is 1. The number of ether oxygens (including phenoxy) is 3. The minimum absolute atomic E-state index is 0.127. The fourth-order valence-electron chi connectivity index (χ4n) is 2.38. The number of benzene rings is 1. The maximum atomic E-state index is 5.90. The summed E-state index contributed by atoms with van der Waals surface area (Å²) in [4.78, 5) is 0.182. The Hall–Kier alpha value is -0.100. The lowest BCUT2D eigenvalue weighted by Gasteiger charge is -2.29. The van der Waals surface area contributed by atoms with Gasteiger partial charge in [0.25, 0.3) is 0 Å². The van der Waals surface area contributed by atoms with Crippen molar-refractivity contribution >= 4 is 31.9 Å². The van der Waals surface area contributed by atoms with Gasteiger partial charge in [0.2, 0.25) is 0 Å². The lowest BCUT2D eigenvalue weighted by atomic mass is 9.93. The van der Waals surface area contributed by atoms with Gasteiger partial charge in [-0.1, -0.05) is 22.0 Å². The topological polar surface area (TPSA) is 27.7 Å². The Morgan fingerprint density at radius 2 is 2.20 bits per heavy atom. The summed E-state index contributed by atoms with van der Waals surface area (Å²) >= 11 is 7.35. The molecule has 1 fully saturated rings. The number of rotatable bonds is 6. The van der Waals surface area contributed by atoms with Crippen LogP contribution < -0.4 is 4.74 Å². The van der Waals surface area contributed by atoms with E-state index in [2.05, 4.69) is 50.9 Å². The lowest BCUT2D eigenvalue weighted by Crippen LogP contribution is -2.28. The number of hydrogen-bond donors (Lipinski definition) is 0. The van der Waals surface area contributed by atoms with E-state index < -0.39 is 0 Å². The molecule has 1 aromatic carbocycles. The van der Waals surface area contributed by atoms with E-state index in [4.69, 9.17) is 14.2 Å². The molecule has 1 heterocycles. The molecule has 2 atom stereocenters. The van der Waals surface area contributed by atoms with E-state index in [0.29, 0.717) is 13.2 Å². The highest BCUT2D eigenvalue weighted by Gasteiger charge is 2.37. The van der Waals surface area contributed by atoms with Crippen LogP contribution in [0.25, 0.3) is 0 Å². The third-order valence-corrected chi connectivity index (χ3v) is 5.70. The van der Waals surface area contributed by atoms with Crippen LogP contribution in [0.5, 0.6) is 5.75 Å². The van der Waals surface area contributed by atoms with Gasteiger partial charge in [-0.15, -0.1) is 0 Å². The van der Waals surface area contributed by atoms with Crippen molar-refractivity contribution in [3.8, 4) is 5.75 Å². The van der Waals surface area contributed by atoms with Gasteiger partial charge in [-0.05, 0) is 53.4 Å². The van der Waals surface area contributed by atoms with Crippen LogP contribution in [0, 0.1) is 0 Å². The minimum atomic E-state index is -0.127. The monoisotopic (exact) mass is 406 g/mol. The summed E-state index contributed by atoms with van der Waals surface area (Å²) in [6, 6.07) is 6.16. The molecule has 5 heteroatoms. The van der Waals surface area contributed by atoms with Crippen LogP contribution in [0.3, 0.4) is 0 Å². The molecule has 0 saturated carbocycles. The summed E-state index contributed by atoms with van der Waals surface area (Å²) in [5.41, 5.74) is 1.07. The van der Waals surface area contributed by atoms with Crippen molar-refractivity contribution in [3.05, 3.63) is 28.2 Å². The SMILES string of the molecule is COCCOc1ccc(C(Br)C2(C)CCCO2)cc1Br. The summed E-state index contributed by atoms with van der Waals surface area (Å²) in [6.07, 6.45) is 2.20. The maximum absolute atomic E-state index is 5.90. The van der Waals surface area contributed by atoms with Gasteiger partial charge >= 0.3 is 0 Å². The van der Waals surface area contributed by atoms with Crippen molar-refractivity contribution in [2.75, 3.05) is 26.9 Å². The average Bonchev–Trinajstić information content (AvgIpc) is 2.88. The molecule has 0 aliphatic carbocycles. The lowest BCUT2D eigenvalue weighted by molar-refractivity contribution is 0.0197. The van der Waals surface area contributed by atoms with Crippen molar-refractivity contribution in [3.63, 3.8) is 0 Å². The van der Waals surface area contributed by atoms with E-state index in [1.54, 1.807) is 7.11 Å². The Labute approximate surface area is 137 Å². The molecule has 0 spiro atoms. The van der Waals surface area contributed by atoms with Crippen LogP contribution in [0.15, 0.2) is 22.7 Å². The zero-order valence-corrected chi connectivity index (χ0v) is 15.0. The Morgan fingerprint density at radius 3 is 2.80 bits per heavy atom. The van der Waals surface area contributed by atoms with Crippen molar-refractivity contribution in [1.82, 2.24) is 0 Å². The second-order valence-corrected chi connectivity index (χ2v) is 6.93. The molecule has 2 rings (SSSR count). The normalized spacial score (nSPS) is 23.8. The first-order valence-electron chi connectivity index (χ1n) is 6.76. The highest BCUT2D eigenvalue weighted by molar-refractivity contribution is 9.10. The first-order valence-corrected chi connectivity index (χ1v) is 8.47. The largest absolute Gasteiger partial charge is 0.490 e. The summed E-state index contributed by atoms with van der Waals surface area (Å²) in [7, 11) is 1.67. The third-order valence-electron chi connectivity index (χ3n) is 3.58. The van der Waals surface area contributed by atoms with Crippen LogP contribution in [0.1, 0.15) is 30.2 Å². The number of alkyl halides is 1. The molecule has 1 aliphatic rings. The Balaban J connectivity index is 2.08. The first kappa shape index (κ1) is 16.3. The van der Waals surface area contributed by atoms with E-state index in [-0.39, 0.29) is 10.4 Å². The molecule has 2 unspecified atom stereocenters. The van der Waals surface area contributed by atoms with Crippen molar-refractivity contribution in [2.45, 2.75) is 30.2 Å². The van der Waals surface area contributed by atoms with E-state index in [1.165, 1.54) is 5.56 Å². The quantitative estimate of drug-likeness (QED) is 0.514. The fourth-order valence-corrected chi connectivity index (χ4v) is 3.54. The van der Waals surface area contributed by atoms with Crippen LogP contribution in [-0.2, 0) is 9.47 Å². The van der Waals surface area contributed by atoms with Crippen LogP contribution in [0.2, 0.25) is 0 Å². The van der Waals surface area contributed by atoms with Gasteiger partial charge in [0.05, 0.1) is 21.5 Å². The number of halogens is 2. The van der Waals surface area contributed by atoms with Gasteiger partial charge in [-0.3, -0.25) is 0 Å². The zero-order valence-electron chi connectivity index (χ0n) is 11.8. The second kappa shape index (κ2) is 7.25. The standard InChI is InChI=1S/C15H20Br2O3/c1-15(6-3-7-20-15)14(17)11-4-5-13(12(16)10-11)19-9-8-18-2/h4-5,10,14H,3,6-9H2,1-2H3. The fraction of sp³-hybridized carbons (Fsp3) is 0.600. The number of hydrogen-bond acceptors (Lipinski definition) is 3. The highest BCUT2D eigenvalue weighted by Crippen LogP contribution is 2.44. The van der Waals surface area contributed by atoms with E-state index in [0.717, 1.165) is 29.7 Å².